The van der Waals surface area contributed by atoms with Crippen LogP contribution in [-0.4, -0.2) is 6.29 Å². The number of aryl methyl sites for hydroxylation is 2. The summed E-state index contributed by atoms with van der Waals surface area (Å²) in [7, 11) is 0. The highest BCUT2D eigenvalue weighted by Gasteiger charge is 2.18. The molecule has 1 aromatic heterocycles. The monoisotopic (exact) mass is 234 g/mol. The molecule has 0 N–H and O–H groups in total. The summed E-state index contributed by atoms with van der Waals surface area (Å²) in [6, 6.07) is 8.41. The number of nitrogens with zero attached hydrogens (tertiary/aromatic N) is 1. The first-order chi connectivity index (χ1) is 7.86. The van der Waals surface area contributed by atoms with Gasteiger partial charge in [0.2, 0.25) is 10.5 Å². The number of carbonyl (C=O) groups is 1. The lowest BCUT2D eigenvalue weighted by Crippen LogP contribution is -2.36. The summed E-state index contributed by atoms with van der Waals surface area (Å²) in [6.07, 6.45) is 3.84. The maximum absolute atomic E-state index is 10.5. The summed E-state index contributed by atoms with van der Waals surface area (Å²) in [4.78, 5) is 10.5. The Bertz CT molecular complexity index is 490. The molecule has 0 unspecified atom stereocenters. The third-order valence-electron chi connectivity index (χ3n) is 2.62. The maximum Gasteiger partial charge on any atom is 0.238 e. The fourth-order valence-electron chi connectivity index (χ4n) is 1.91. The van der Waals surface area contributed by atoms with Crippen LogP contribution < -0.4 is 4.57 Å². The van der Waals surface area contributed by atoms with E-state index in [0.717, 1.165) is 25.7 Å². The van der Waals surface area contributed by atoms with Crippen molar-refractivity contribution in [2.75, 3.05) is 0 Å². The topological polar surface area (TPSA) is 20.9 Å². The molecule has 0 amide bonds. The van der Waals surface area contributed by atoms with Crippen LogP contribution >= 0.6 is 11.3 Å². The van der Waals surface area contributed by atoms with E-state index in [0.29, 0.717) is 6.42 Å². The van der Waals surface area contributed by atoms with E-state index in [1.54, 1.807) is 0 Å². The molecule has 0 radical (unpaired) electrons. The Morgan fingerprint density at radius 1 is 1.38 bits per heavy atom. The largest absolute Gasteiger partial charge is 0.303 e. The number of hydrogen-bond donors (Lipinski definition) is 0. The van der Waals surface area contributed by atoms with Crippen molar-refractivity contribution in [2.45, 2.75) is 32.7 Å². The van der Waals surface area contributed by atoms with E-state index >= 15 is 0 Å². The van der Waals surface area contributed by atoms with Gasteiger partial charge >= 0.3 is 0 Å². The molecule has 1 aromatic carbocycles. The third kappa shape index (κ3) is 2.14. The lowest BCUT2D eigenvalue weighted by Gasteiger charge is -1.95. The quantitative estimate of drug-likeness (QED) is 0.575. The van der Waals surface area contributed by atoms with Gasteiger partial charge in [-0.1, -0.05) is 30.4 Å². The first-order valence-corrected chi connectivity index (χ1v) is 6.52. The van der Waals surface area contributed by atoms with Crippen LogP contribution in [0.25, 0.3) is 10.2 Å². The van der Waals surface area contributed by atoms with Gasteiger partial charge in [0.25, 0.3) is 0 Å². The van der Waals surface area contributed by atoms with Crippen LogP contribution in [0.2, 0.25) is 0 Å². The molecule has 2 aromatic rings. The average Bonchev–Trinajstić information content (AvgIpc) is 2.65. The van der Waals surface area contributed by atoms with Crippen LogP contribution in [0.15, 0.2) is 24.3 Å². The standard InChI is InChI=1S/C13H16NOS/c1-2-6-13-14(9-5-10-15)11-7-3-4-8-12(11)16-13/h3-4,7-8,10H,2,5-6,9H2,1H3/q+1. The van der Waals surface area contributed by atoms with Gasteiger partial charge in [-0.25, -0.2) is 0 Å². The van der Waals surface area contributed by atoms with Crippen LogP contribution in [-0.2, 0) is 17.8 Å². The molecule has 0 aliphatic carbocycles. The van der Waals surface area contributed by atoms with Gasteiger partial charge in [0, 0.05) is 12.5 Å². The van der Waals surface area contributed by atoms with E-state index in [1.807, 2.05) is 11.3 Å². The van der Waals surface area contributed by atoms with Gasteiger partial charge in [0.05, 0.1) is 6.42 Å². The molecule has 16 heavy (non-hydrogen) atoms. The molecule has 0 fully saturated rings. The molecule has 0 aliphatic heterocycles. The molecule has 0 spiro atoms. The average molecular weight is 234 g/mol. The lowest BCUT2D eigenvalue weighted by molar-refractivity contribution is -0.673. The molecule has 84 valence electrons. The fourth-order valence-corrected chi connectivity index (χ4v) is 3.20. The Labute approximate surface area is 99.5 Å². The van der Waals surface area contributed by atoms with Crippen LogP contribution in [0.4, 0.5) is 0 Å². The minimum Gasteiger partial charge on any atom is -0.303 e. The zero-order chi connectivity index (χ0) is 11.4. The molecule has 2 nitrogen and oxygen atoms in total. The van der Waals surface area contributed by atoms with Crippen molar-refractivity contribution in [3.05, 3.63) is 29.3 Å². The highest BCUT2D eigenvalue weighted by Crippen LogP contribution is 2.21. The smallest absolute Gasteiger partial charge is 0.238 e. The number of carbonyl (C=O) groups excluding carboxylic acids is 1. The predicted molar refractivity (Wildman–Crippen MR) is 66.7 cm³/mol. The van der Waals surface area contributed by atoms with Crippen molar-refractivity contribution in [1.82, 2.24) is 0 Å². The normalized spacial score (nSPS) is 10.8. The summed E-state index contributed by atoms with van der Waals surface area (Å²) < 4.78 is 3.61. The zero-order valence-corrected chi connectivity index (χ0v) is 10.3. The van der Waals surface area contributed by atoms with Crippen LogP contribution in [0, 0.1) is 0 Å². The molecule has 2 rings (SSSR count). The summed E-state index contributed by atoms with van der Waals surface area (Å²) in [5, 5.41) is 1.38. The van der Waals surface area contributed by atoms with Gasteiger partial charge in [0.15, 0.2) is 6.54 Å². The van der Waals surface area contributed by atoms with E-state index < -0.39 is 0 Å². The number of thiazole rings is 1. The molecular weight excluding hydrogens is 218 g/mol. The van der Waals surface area contributed by atoms with Gasteiger partial charge in [-0.05, 0) is 12.5 Å². The number of aromatic nitrogens is 1. The highest BCUT2D eigenvalue weighted by molar-refractivity contribution is 7.18. The van der Waals surface area contributed by atoms with Crippen molar-refractivity contribution >= 4 is 27.8 Å². The van der Waals surface area contributed by atoms with E-state index in [1.165, 1.54) is 15.2 Å². The maximum atomic E-state index is 10.5. The molecule has 1 heterocycles. The summed E-state index contributed by atoms with van der Waals surface area (Å²) in [6.45, 7) is 3.00. The Hall–Kier alpha value is -1.22. The van der Waals surface area contributed by atoms with Crippen LogP contribution in [0.5, 0.6) is 0 Å². The van der Waals surface area contributed by atoms with Gasteiger partial charge in [-0.3, -0.25) is 0 Å². The Morgan fingerprint density at radius 2 is 2.19 bits per heavy atom. The second kappa shape index (κ2) is 5.21. The lowest BCUT2D eigenvalue weighted by atomic mass is 10.3. The first-order valence-electron chi connectivity index (χ1n) is 5.70. The van der Waals surface area contributed by atoms with E-state index in [4.69, 9.17) is 0 Å². The van der Waals surface area contributed by atoms with Gasteiger partial charge in [-0.15, -0.1) is 0 Å². The minimum absolute atomic E-state index is 0.599. The van der Waals surface area contributed by atoms with Gasteiger partial charge < -0.3 is 4.79 Å². The molecule has 0 atom stereocenters. The molecule has 0 saturated heterocycles. The van der Waals surface area contributed by atoms with Crippen molar-refractivity contribution in [2.24, 2.45) is 0 Å². The zero-order valence-electron chi connectivity index (χ0n) is 9.48. The highest BCUT2D eigenvalue weighted by atomic mass is 32.1. The number of benzene rings is 1. The third-order valence-corrected chi connectivity index (χ3v) is 3.84. The Kier molecular flexibility index (Phi) is 3.67. The minimum atomic E-state index is 0.599. The molecule has 3 heteroatoms. The Morgan fingerprint density at radius 3 is 2.94 bits per heavy atom. The number of rotatable bonds is 5. The SMILES string of the molecule is CCCc1sc2ccccc2[n+]1CCC=O. The fraction of sp³-hybridized carbons (Fsp3) is 0.385. The van der Waals surface area contributed by atoms with Crippen LogP contribution in [0.3, 0.4) is 0 Å². The number of para-hydroxylation sites is 1. The van der Waals surface area contributed by atoms with E-state index in [-0.39, 0.29) is 0 Å². The van der Waals surface area contributed by atoms with Gasteiger partial charge in [0.1, 0.15) is 11.0 Å². The predicted octanol–water partition coefficient (Wildman–Crippen LogP) is 2.73. The van der Waals surface area contributed by atoms with Gasteiger partial charge in [-0.2, -0.15) is 4.57 Å². The second-order valence-electron chi connectivity index (χ2n) is 3.82. The number of fused-ring (bicyclic) bond motifs is 1. The van der Waals surface area contributed by atoms with Crippen molar-refractivity contribution < 1.29 is 9.36 Å². The molecule has 0 saturated carbocycles. The Balaban J connectivity index is 2.46. The van der Waals surface area contributed by atoms with E-state index in [9.17, 15) is 4.79 Å². The van der Waals surface area contributed by atoms with Crippen LogP contribution in [0.1, 0.15) is 24.8 Å². The molecule has 0 aliphatic rings. The molecule has 0 bridgehead atoms. The second-order valence-corrected chi connectivity index (χ2v) is 4.94. The van der Waals surface area contributed by atoms with Crippen molar-refractivity contribution in [3.63, 3.8) is 0 Å². The summed E-state index contributed by atoms with van der Waals surface area (Å²) >= 11 is 1.85. The number of aldehydes is 1. The molecular formula is C13H16NOS+. The number of hydrogen-bond acceptors (Lipinski definition) is 2. The van der Waals surface area contributed by atoms with E-state index in [2.05, 4.69) is 35.8 Å². The first kappa shape index (κ1) is 11.3. The summed E-state index contributed by atoms with van der Waals surface area (Å²) in [5.74, 6) is 0. The summed E-state index contributed by atoms with van der Waals surface area (Å²) in [5.41, 5.74) is 1.26. The van der Waals surface area contributed by atoms with Crippen molar-refractivity contribution in [1.29, 1.82) is 0 Å². The van der Waals surface area contributed by atoms with Crippen molar-refractivity contribution in [3.8, 4) is 0 Å².